The molecule has 0 radical (unpaired) electrons. The molecule has 13 heavy (non-hydrogen) atoms. The molecule has 0 unspecified atom stereocenters. The predicted molar refractivity (Wildman–Crippen MR) is 56.9 cm³/mol. The first-order valence-corrected chi connectivity index (χ1v) is 5.47. The lowest BCUT2D eigenvalue weighted by Gasteiger charge is -2.17. The van der Waals surface area contributed by atoms with E-state index in [0.29, 0.717) is 17.5 Å². The summed E-state index contributed by atoms with van der Waals surface area (Å²) >= 11 is 1.60. The second-order valence-corrected chi connectivity index (χ2v) is 5.51. The van der Waals surface area contributed by atoms with Crippen LogP contribution in [0.15, 0.2) is 0 Å². The minimum atomic E-state index is -0.821. The van der Waals surface area contributed by atoms with Crippen molar-refractivity contribution < 1.29 is 9.90 Å². The van der Waals surface area contributed by atoms with Crippen LogP contribution in [0.2, 0.25) is 0 Å². The first-order chi connectivity index (χ1) is 5.81. The van der Waals surface area contributed by atoms with Crippen molar-refractivity contribution in [2.45, 2.75) is 38.5 Å². The molecule has 0 bridgehead atoms. The zero-order valence-electron chi connectivity index (χ0n) is 8.76. The molecule has 0 saturated carbocycles. The number of thioether (sulfide) groups is 1. The van der Waals surface area contributed by atoms with Crippen LogP contribution in [0, 0.1) is 0 Å². The van der Waals surface area contributed by atoms with Crippen molar-refractivity contribution in [3.63, 3.8) is 0 Å². The zero-order chi connectivity index (χ0) is 10.5. The summed E-state index contributed by atoms with van der Waals surface area (Å²) in [6.07, 6.45) is 0. The average molecular weight is 205 g/mol. The van der Waals surface area contributed by atoms with Crippen molar-refractivity contribution in [3.8, 4) is 0 Å². The molecule has 2 N–H and O–H groups in total. The number of hydrogen-bond donors (Lipinski definition) is 2. The van der Waals surface area contributed by atoms with E-state index in [0.717, 1.165) is 0 Å². The van der Waals surface area contributed by atoms with E-state index >= 15 is 0 Å². The van der Waals surface area contributed by atoms with Gasteiger partial charge >= 0.3 is 0 Å². The Hall–Kier alpha value is -0.220. The van der Waals surface area contributed by atoms with Gasteiger partial charge in [-0.05, 0) is 19.1 Å². The molecule has 4 heteroatoms. The Balaban J connectivity index is 3.53. The highest BCUT2D eigenvalue weighted by Gasteiger charge is 2.13. The molecule has 0 aromatic carbocycles. The Labute approximate surface area is 84.3 Å². The third kappa shape index (κ3) is 9.70. The molecule has 0 fully saturated rings. The van der Waals surface area contributed by atoms with Gasteiger partial charge in [-0.3, -0.25) is 4.79 Å². The van der Waals surface area contributed by atoms with Crippen LogP contribution in [0.25, 0.3) is 0 Å². The third-order valence-corrected chi connectivity index (χ3v) is 2.36. The Kier molecular flexibility index (Phi) is 5.40. The first kappa shape index (κ1) is 12.8. The molecule has 0 aromatic heterocycles. The molecule has 0 aliphatic rings. The van der Waals surface area contributed by atoms with Gasteiger partial charge in [-0.15, -0.1) is 11.8 Å². The van der Waals surface area contributed by atoms with E-state index in [1.807, 2.05) is 13.8 Å². The van der Waals surface area contributed by atoms with E-state index in [9.17, 15) is 9.90 Å². The fraction of sp³-hybridized carbons (Fsp3) is 0.889. The van der Waals surface area contributed by atoms with Gasteiger partial charge in [0, 0.05) is 6.54 Å². The summed E-state index contributed by atoms with van der Waals surface area (Å²) in [5.41, 5.74) is -0.821. The van der Waals surface area contributed by atoms with E-state index in [4.69, 9.17) is 0 Å². The summed E-state index contributed by atoms with van der Waals surface area (Å²) in [6.45, 7) is 7.75. The molecular formula is C9H19NO2S. The van der Waals surface area contributed by atoms with Crippen LogP contribution < -0.4 is 5.32 Å². The fourth-order valence-corrected chi connectivity index (χ4v) is 1.20. The highest BCUT2D eigenvalue weighted by molar-refractivity contribution is 8.00. The van der Waals surface area contributed by atoms with Crippen LogP contribution >= 0.6 is 11.8 Å². The average Bonchev–Trinajstić information content (AvgIpc) is 1.95. The lowest BCUT2D eigenvalue weighted by Crippen LogP contribution is -2.39. The number of rotatable bonds is 5. The van der Waals surface area contributed by atoms with Crippen molar-refractivity contribution >= 4 is 17.7 Å². The lowest BCUT2D eigenvalue weighted by atomic mass is 10.1. The maximum atomic E-state index is 11.2. The minimum absolute atomic E-state index is 0.0131. The van der Waals surface area contributed by atoms with Crippen molar-refractivity contribution in [3.05, 3.63) is 0 Å². The Morgan fingerprint density at radius 2 is 2.08 bits per heavy atom. The van der Waals surface area contributed by atoms with Gasteiger partial charge in [0.2, 0.25) is 5.91 Å². The van der Waals surface area contributed by atoms with Gasteiger partial charge in [-0.25, -0.2) is 0 Å². The molecule has 3 nitrogen and oxygen atoms in total. The molecule has 0 aliphatic heterocycles. The molecule has 0 saturated heterocycles. The molecule has 0 atom stereocenters. The monoisotopic (exact) mass is 205 g/mol. The summed E-state index contributed by atoms with van der Waals surface area (Å²) in [7, 11) is 0. The Bertz CT molecular complexity index is 163. The van der Waals surface area contributed by atoms with E-state index in [1.54, 1.807) is 25.6 Å². The fourth-order valence-electron chi connectivity index (χ4n) is 0.608. The van der Waals surface area contributed by atoms with Crippen LogP contribution in [-0.2, 0) is 4.79 Å². The van der Waals surface area contributed by atoms with Crippen LogP contribution in [0.5, 0.6) is 0 Å². The highest BCUT2D eigenvalue weighted by atomic mass is 32.2. The topological polar surface area (TPSA) is 49.3 Å². The second kappa shape index (κ2) is 5.50. The standard InChI is InChI=1S/C9H19NO2S/c1-7(2)13-5-8(11)10-6-9(3,4)12/h7,12H,5-6H2,1-4H3,(H,10,11). The number of amides is 1. The number of carbonyl (C=O) groups is 1. The Morgan fingerprint density at radius 3 is 2.46 bits per heavy atom. The molecule has 0 rings (SSSR count). The maximum Gasteiger partial charge on any atom is 0.230 e. The van der Waals surface area contributed by atoms with Gasteiger partial charge < -0.3 is 10.4 Å². The largest absolute Gasteiger partial charge is 0.389 e. The summed E-state index contributed by atoms with van der Waals surface area (Å²) in [5, 5.41) is 12.5. The quantitative estimate of drug-likeness (QED) is 0.704. The summed E-state index contributed by atoms with van der Waals surface area (Å²) in [5.74, 6) is 0.453. The van der Waals surface area contributed by atoms with E-state index in [1.165, 1.54) is 0 Å². The molecule has 0 aromatic rings. The van der Waals surface area contributed by atoms with E-state index in [-0.39, 0.29) is 5.91 Å². The van der Waals surface area contributed by atoms with Gasteiger partial charge in [0.25, 0.3) is 0 Å². The van der Waals surface area contributed by atoms with Crippen LogP contribution in [0.1, 0.15) is 27.7 Å². The predicted octanol–water partition coefficient (Wildman–Crippen LogP) is 1.02. The first-order valence-electron chi connectivity index (χ1n) is 4.42. The minimum Gasteiger partial charge on any atom is -0.389 e. The molecular weight excluding hydrogens is 186 g/mol. The van der Waals surface area contributed by atoms with Crippen molar-refractivity contribution in [1.82, 2.24) is 5.32 Å². The Morgan fingerprint density at radius 1 is 1.54 bits per heavy atom. The number of hydrogen-bond acceptors (Lipinski definition) is 3. The lowest BCUT2D eigenvalue weighted by molar-refractivity contribution is -0.119. The van der Waals surface area contributed by atoms with E-state index < -0.39 is 5.60 Å². The molecule has 0 aliphatic carbocycles. The van der Waals surface area contributed by atoms with Crippen LogP contribution in [-0.4, -0.2) is 34.2 Å². The smallest absolute Gasteiger partial charge is 0.230 e. The highest BCUT2D eigenvalue weighted by Crippen LogP contribution is 2.07. The van der Waals surface area contributed by atoms with Crippen molar-refractivity contribution in [2.24, 2.45) is 0 Å². The second-order valence-electron chi connectivity index (χ2n) is 3.95. The van der Waals surface area contributed by atoms with Gasteiger partial charge in [0.05, 0.1) is 11.4 Å². The SMILES string of the molecule is CC(C)SCC(=O)NCC(C)(C)O. The van der Waals surface area contributed by atoms with Gasteiger partial charge in [-0.2, -0.15) is 0 Å². The number of aliphatic hydroxyl groups is 1. The van der Waals surface area contributed by atoms with Crippen molar-refractivity contribution in [2.75, 3.05) is 12.3 Å². The third-order valence-electron chi connectivity index (χ3n) is 1.27. The van der Waals surface area contributed by atoms with Crippen LogP contribution in [0.3, 0.4) is 0 Å². The van der Waals surface area contributed by atoms with Crippen LogP contribution in [0.4, 0.5) is 0 Å². The van der Waals surface area contributed by atoms with E-state index in [2.05, 4.69) is 5.32 Å². The summed E-state index contributed by atoms with van der Waals surface area (Å²) in [4.78, 5) is 11.2. The zero-order valence-corrected chi connectivity index (χ0v) is 9.57. The molecule has 78 valence electrons. The van der Waals surface area contributed by atoms with Gasteiger partial charge in [0.15, 0.2) is 0 Å². The normalized spacial score (nSPS) is 11.8. The summed E-state index contributed by atoms with van der Waals surface area (Å²) in [6, 6.07) is 0. The number of nitrogens with one attached hydrogen (secondary N) is 1. The molecule has 0 spiro atoms. The van der Waals surface area contributed by atoms with Crippen molar-refractivity contribution in [1.29, 1.82) is 0 Å². The molecule has 0 heterocycles. The van der Waals surface area contributed by atoms with Gasteiger partial charge in [0.1, 0.15) is 0 Å². The number of carbonyl (C=O) groups excluding carboxylic acids is 1. The maximum absolute atomic E-state index is 11.2. The molecule has 1 amide bonds. The summed E-state index contributed by atoms with van der Waals surface area (Å²) < 4.78 is 0. The van der Waals surface area contributed by atoms with Gasteiger partial charge in [-0.1, -0.05) is 13.8 Å².